The molecule has 4 nitrogen and oxygen atoms in total. The smallest absolute Gasteiger partial charge is 0.119 e. The number of hydrogen-bond donors (Lipinski definition) is 1. The molecule has 0 aliphatic rings. The van der Waals surface area contributed by atoms with E-state index in [2.05, 4.69) is 11.2 Å². The van der Waals surface area contributed by atoms with Crippen molar-refractivity contribution in [3.63, 3.8) is 0 Å². The van der Waals surface area contributed by atoms with Crippen LogP contribution in [0.3, 0.4) is 0 Å². The molecule has 0 aliphatic heterocycles. The number of ether oxygens (including phenoxy) is 1. The molecule has 96 valence electrons. The number of benzene rings is 1. The van der Waals surface area contributed by atoms with Crippen LogP contribution >= 0.6 is 0 Å². The first-order chi connectivity index (χ1) is 8.61. The molecule has 0 bridgehead atoms. The summed E-state index contributed by atoms with van der Waals surface area (Å²) in [6, 6.07) is 7.96. The van der Waals surface area contributed by atoms with E-state index < -0.39 is 0 Å². The van der Waals surface area contributed by atoms with Crippen molar-refractivity contribution in [3.8, 4) is 5.75 Å². The van der Waals surface area contributed by atoms with E-state index in [4.69, 9.17) is 10.5 Å². The second-order valence-electron chi connectivity index (χ2n) is 4.47. The molecule has 1 atom stereocenters. The van der Waals surface area contributed by atoms with Gasteiger partial charge in [-0.05, 0) is 31.0 Å². The summed E-state index contributed by atoms with van der Waals surface area (Å²) in [6.45, 7) is 2.04. The van der Waals surface area contributed by atoms with E-state index in [0.717, 1.165) is 23.4 Å². The van der Waals surface area contributed by atoms with Gasteiger partial charge in [0.1, 0.15) is 5.75 Å². The van der Waals surface area contributed by atoms with Crippen molar-refractivity contribution in [2.75, 3.05) is 7.11 Å². The molecular formula is C14H19N3O. The molecule has 0 amide bonds. The Balaban J connectivity index is 2.15. The Morgan fingerprint density at radius 1 is 1.44 bits per heavy atom. The number of nitrogens with zero attached hydrogens (tertiary/aromatic N) is 2. The highest BCUT2D eigenvalue weighted by Gasteiger charge is 2.13. The van der Waals surface area contributed by atoms with Crippen molar-refractivity contribution >= 4 is 0 Å². The minimum Gasteiger partial charge on any atom is -0.497 e. The molecule has 1 heterocycles. The SMILES string of the molecule is COc1cccc(CC(N)c2cnn(C)c2C)c1. The molecular weight excluding hydrogens is 226 g/mol. The van der Waals surface area contributed by atoms with Crippen LogP contribution in [0.4, 0.5) is 0 Å². The number of rotatable bonds is 4. The molecule has 0 saturated heterocycles. The molecule has 1 unspecified atom stereocenters. The lowest BCUT2D eigenvalue weighted by atomic mass is 10.0. The summed E-state index contributed by atoms with van der Waals surface area (Å²) in [5.74, 6) is 0.864. The maximum Gasteiger partial charge on any atom is 0.119 e. The van der Waals surface area contributed by atoms with Gasteiger partial charge in [-0.1, -0.05) is 12.1 Å². The Morgan fingerprint density at radius 3 is 2.83 bits per heavy atom. The van der Waals surface area contributed by atoms with Gasteiger partial charge >= 0.3 is 0 Å². The van der Waals surface area contributed by atoms with Gasteiger partial charge in [-0.2, -0.15) is 5.10 Å². The van der Waals surface area contributed by atoms with Crippen molar-refractivity contribution in [1.29, 1.82) is 0 Å². The summed E-state index contributed by atoms with van der Waals surface area (Å²) < 4.78 is 7.06. The van der Waals surface area contributed by atoms with Crippen LogP contribution in [0.1, 0.15) is 22.9 Å². The van der Waals surface area contributed by atoms with E-state index in [1.54, 1.807) is 7.11 Å². The van der Waals surface area contributed by atoms with E-state index in [1.807, 2.05) is 43.0 Å². The zero-order valence-electron chi connectivity index (χ0n) is 11.1. The first-order valence-corrected chi connectivity index (χ1v) is 5.99. The molecule has 0 spiro atoms. The minimum absolute atomic E-state index is 0.0363. The van der Waals surface area contributed by atoms with Crippen LogP contribution < -0.4 is 10.5 Å². The van der Waals surface area contributed by atoms with Crippen LogP contribution in [0, 0.1) is 6.92 Å². The Morgan fingerprint density at radius 2 is 2.22 bits per heavy atom. The number of aryl methyl sites for hydroxylation is 1. The molecule has 2 aromatic rings. The zero-order chi connectivity index (χ0) is 13.1. The highest BCUT2D eigenvalue weighted by Crippen LogP contribution is 2.21. The maximum absolute atomic E-state index is 6.24. The highest BCUT2D eigenvalue weighted by molar-refractivity contribution is 5.30. The summed E-state index contributed by atoms with van der Waals surface area (Å²) in [7, 11) is 3.60. The van der Waals surface area contributed by atoms with Gasteiger partial charge in [0.05, 0.1) is 13.3 Å². The third-order valence-corrected chi connectivity index (χ3v) is 3.26. The van der Waals surface area contributed by atoms with Gasteiger partial charge in [-0.3, -0.25) is 4.68 Å². The number of methoxy groups -OCH3 is 1. The molecule has 2 N–H and O–H groups in total. The van der Waals surface area contributed by atoms with Crippen LogP contribution in [-0.2, 0) is 13.5 Å². The molecule has 0 radical (unpaired) electrons. The van der Waals surface area contributed by atoms with Crippen LogP contribution in [0.2, 0.25) is 0 Å². The van der Waals surface area contributed by atoms with Crippen LogP contribution in [0.25, 0.3) is 0 Å². The summed E-state index contributed by atoms with van der Waals surface area (Å²) >= 11 is 0. The topological polar surface area (TPSA) is 53.1 Å². The minimum atomic E-state index is -0.0363. The summed E-state index contributed by atoms with van der Waals surface area (Å²) in [5, 5.41) is 4.22. The standard InChI is InChI=1S/C14H19N3O/c1-10-13(9-16-17(10)2)14(15)8-11-5-4-6-12(7-11)18-3/h4-7,9,14H,8,15H2,1-3H3. The molecule has 0 saturated carbocycles. The molecule has 0 fully saturated rings. The molecule has 18 heavy (non-hydrogen) atoms. The van der Waals surface area contributed by atoms with Gasteiger partial charge in [0.2, 0.25) is 0 Å². The Kier molecular flexibility index (Phi) is 3.67. The van der Waals surface area contributed by atoms with E-state index in [0.29, 0.717) is 0 Å². The number of hydrogen-bond acceptors (Lipinski definition) is 3. The van der Waals surface area contributed by atoms with Crippen molar-refractivity contribution in [1.82, 2.24) is 9.78 Å². The predicted octanol–water partition coefficient (Wildman–Crippen LogP) is 1.98. The van der Waals surface area contributed by atoms with Crippen molar-refractivity contribution in [3.05, 3.63) is 47.3 Å². The zero-order valence-corrected chi connectivity index (χ0v) is 11.1. The fourth-order valence-corrected chi connectivity index (χ4v) is 2.04. The van der Waals surface area contributed by atoms with Crippen molar-refractivity contribution < 1.29 is 4.74 Å². The summed E-state index contributed by atoms with van der Waals surface area (Å²) in [5.41, 5.74) is 9.62. The third-order valence-electron chi connectivity index (χ3n) is 3.26. The Labute approximate surface area is 107 Å². The van der Waals surface area contributed by atoms with E-state index in [9.17, 15) is 0 Å². The first kappa shape index (κ1) is 12.6. The maximum atomic E-state index is 6.24. The van der Waals surface area contributed by atoms with Gasteiger partial charge in [0.25, 0.3) is 0 Å². The molecule has 2 rings (SSSR count). The number of nitrogens with two attached hydrogens (primary N) is 1. The van der Waals surface area contributed by atoms with Gasteiger partial charge in [-0.15, -0.1) is 0 Å². The van der Waals surface area contributed by atoms with Crippen LogP contribution in [0.5, 0.6) is 5.75 Å². The van der Waals surface area contributed by atoms with E-state index in [-0.39, 0.29) is 6.04 Å². The molecule has 4 heteroatoms. The first-order valence-electron chi connectivity index (χ1n) is 5.99. The second kappa shape index (κ2) is 5.23. The summed E-state index contributed by atoms with van der Waals surface area (Å²) in [4.78, 5) is 0. The largest absolute Gasteiger partial charge is 0.497 e. The molecule has 0 aliphatic carbocycles. The Bertz CT molecular complexity index is 534. The predicted molar refractivity (Wildman–Crippen MR) is 71.6 cm³/mol. The molecule has 1 aromatic carbocycles. The Hall–Kier alpha value is -1.81. The van der Waals surface area contributed by atoms with Gasteiger partial charge in [-0.25, -0.2) is 0 Å². The number of aromatic nitrogens is 2. The lowest BCUT2D eigenvalue weighted by Crippen LogP contribution is -2.14. The van der Waals surface area contributed by atoms with Crippen LogP contribution in [0.15, 0.2) is 30.5 Å². The summed E-state index contributed by atoms with van der Waals surface area (Å²) in [6.07, 6.45) is 2.63. The normalized spacial score (nSPS) is 12.4. The monoisotopic (exact) mass is 245 g/mol. The van der Waals surface area contributed by atoms with Gasteiger partial charge in [0.15, 0.2) is 0 Å². The lowest BCUT2D eigenvalue weighted by Gasteiger charge is -2.12. The lowest BCUT2D eigenvalue weighted by molar-refractivity contribution is 0.414. The van der Waals surface area contributed by atoms with E-state index in [1.165, 1.54) is 5.56 Å². The fourth-order valence-electron chi connectivity index (χ4n) is 2.04. The van der Waals surface area contributed by atoms with Gasteiger partial charge in [0, 0.05) is 24.3 Å². The average molecular weight is 245 g/mol. The quantitative estimate of drug-likeness (QED) is 0.896. The second-order valence-corrected chi connectivity index (χ2v) is 4.47. The van der Waals surface area contributed by atoms with Crippen LogP contribution in [-0.4, -0.2) is 16.9 Å². The average Bonchev–Trinajstić information content (AvgIpc) is 2.70. The third kappa shape index (κ3) is 2.54. The molecule has 1 aromatic heterocycles. The van der Waals surface area contributed by atoms with Gasteiger partial charge < -0.3 is 10.5 Å². The van der Waals surface area contributed by atoms with Crippen molar-refractivity contribution in [2.45, 2.75) is 19.4 Å². The fraction of sp³-hybridized carbons (Fsp3) is 0.357. The highest BCUT2D eigenvalue weighted by atomic mass is 16.5. The van der Waals surface area contributed by atoms with Crippen molar-refractivity contribution in [2.24, 2.45) is 12.8 Å². The van der Waals surface area contributed by atoms with E-state index >= 15 is 0 Å².